The number of benzene rings is 1. The number of rotatable bonds is 4. The molecule has 4 aromatic rings. The number of nitrogens with one attached hydrogen (secondary N) is 1. The fourth-order valence-corrected chi connectivity index (χ4v) is 3.35. The molecule has 4 nitrogen and oxygen atoms in total. The Balaban J connectivity index is 1.57. The molecule has 3 heterocycles. The molecule has 0 saturated carbocycles. The van der Waals surface area contributed by atoms with Crippen LogP contribution in [0, 0.1) is 5.82 Å². The van der Waals surface area contributed by atoms with Crippen molar-refractivity contribution in [1.82, 2.24) is 15.0 Å². The van der Waals surface area contributed by atoms with E-state index in [1.54, 1.807) is 36.9 Å². The zero-order chi connectivity index (χ0) is 17.2. The number of aromatic nitrogens is 3. The van der Waals surface area contributed by atoms with Gasteiger partial charge in [-0.1, -0.05) is 0 Å². The van der Waals surface area contributed by atoms with Gasteiger partial charge in [0.2, 0.25) is 0 Å². The first kappa shape index (κ1) is 15.4. The number of fused-ring (bicyclic) bond motifs is 1. The highest BCUT2D eigenvalue weighted by Gasteiger charge is 2.10. The molecule has 0 spiro atoms. The largest absolute Gasteiger partial charge is 0.360 e. The number of H-pyrrole nitrogens is 1. The number of aromatic amines is 1. The van der Waals surface area contributed by atoms with Crippen molar-refractivity contribution in [3.8, 4) is 10.6 Å². The molecule has 0 aliphatic heterocycles. The van der Waals surface area contributed by atoms with E-state index in [4.69, 9.17) is 0 Å². The molecule has 0 radical (unpaired) electrons. The highest BCUT2D eigenvalue weighted by atomic mass is 32.1. The van der Waals surface area contributed by atoms with Crippen LogP contribution >= 0.6 is 11.3 Å². The molecule has 1 aromatic carbocycles. The van der Waals surface area contributed by atoms with Gasteiger partial charge in [-0.2, -0.15) is 0 Å². The van der Waals surface area contributed by atoms with Crippen molar-refractivity contribution in [1.29, 1.82) is 0 Å². The van der Waals surface area contributed by atoms with E-state index in [9.17, 15) is 9.18 Å². The van der Waals surface area contributed by atoms with Crippen LogP contribution in [0.15, 0.2) is 61.2 Å². The fourth-order valence-electron chi connectivity index (χ4n) is 2.54. The van der Waals surface area contributed by atoms with Crippen LogP contribution in [-0.2, 0) is 0 Å². The fraction of sp³-hybridized carbons (Fsp3) is 0. The maximum absolute atomic E-state index is 13.2. The van der Waals surface area contributed by atoms with E-state index in [0.29, 0.717) is 16.5 Å². The molecule has 1 N–H and O–H groups in total. The lowest BCUT2D eigenvalue weighted by Gasteiger charge is -1.94. The Kier molecular flexibility index (Phi) is 3.95. The van der Waals surface area contributed by atoms with Gasteiger partial charge >= 0.3 is 0 Å². The minimum absolute atomic E-state index is 0.144. The average Bonchev–Trinajstić information content (AvgIpc) is 3.27. The van der Waals surface area contributed by atoms with Crippen LogP contribution in [0.2, 0.25) is 0 Å². The van der Waals surface area contributed by atoms with Crippen LogP contribution in [0.1, 0.15) is 15.2 Å². The maximum atomic E-state index is 13.2. The molecule has 0 bridgehead atoms. The third-order valence-corrected chi connectivity index (χ3v) is 4.75. The molecule has 25 heavy (non-hydrogen) atoms. The zero-order valence-corrected chi connectivity index (χ0v) is 13.8. The molecule has 0 aliphatic carbocycles. The number of thiazole rings is 1. The number of carbonyl (C=O) groups is 1. The Bertz CT molecular complexity index is 1080. The first-order valence-electron chi connectivity index (χ1n) is 7.56. The maximum Gasteiger partial charge on any atom is 0.188 e. The van der Waals surface area contributed by atoms with E-state index in [0.717, 1.165) is 15.4 Å². The first-order valence-corrected chi connectivity index (χ1v) is 8.37. The Hall–Kier alpha value is -3.12. The quantitative estimate of drug-likeness (QED) is 0.428. The van der Waals surface area contributed by atoms with Crippen LogP contribution in [0.3, 0.4) is 0 Å². The lowest BCUT2D eigenvalue weighted by atomic mass is 10.1. The predicted octanol–water partition coefficient (Wildman–Crippen LogP) is 4.72. The highest BCUT2D eigenvalue weighted by Crippen LogP contribution is 2.25. The lowest BCUT2D eigenvalue weighted by Crippen LogP contribution is -1.91. The predicted molar refractivity (Wildman–Crippen MR) is 97.0 cm³/mol. The van der Waals surface area contributed by atoms with Crippen molar-refractivity contribution >= 4 is 34.1 Å². The average molecular weight is 349 g/mol. The van der Waals surface area contributed by atoms with Gasteiger partial charge in [-0.05, 0) is 42.5 Å². The van der Waals surface area contributed by atoms with Crippen molar-refractivity contribution in [2.24, 2.45) is 0 Å². The smallest absolute Gasteiger partial charge is 0.188 e. The summed E-state index contributed by atoms with van der Waals surface area (Å²) in [6.45, 7) is 0. The van der Waals surface area contributed by atoms with Crippen molar-refractivity contribution in [3.05, 3.63) is 77.5 Å². The van der Waals surface area contributed by atoms with Gasteiger partial charge < -0.3 is 4.98 Å². The normalized spacial score (nSPS) is 11.4. The van der Waals surface area contributed by atoms with E-state index < -0.39 is 0 Å². The molecule has 4 rings (SSSR count). The molecule has 3 aromatic heterocycles. The number of halogens is 1. The molecule has 0 saturated heterocycles. The molecule has 0 fully saturated rings. The Labute approximate surface area is 146 Å². The lowest BCUT2D eigenvalue weighted by molar-refractivity contribution is 0.104. The van der Waals surface area contributed by atoms with Gasteiger partial charge in [0.1, 0.15) is 10.8 Å². The van der Waals surface area contributed by atoms with Gasteiger partial charge in [0.15, 0.2) is 5.78 Å². The molecule has 6 heteroatoms. The summed E-state index contributed by atoms with van der Waals surface area (Å²) < 4.78 is 13.2. The number of allylic oxidation sites excluding steroid dienone is 1. The Morgan fingerprint density at radius 3 is 3.00 bits per heavy atom. The van der Waals surface area contributed by atoms with Crippen LogP contribution < -0.4 is 0 Å². The van der Waals surface area contributed by atoms with Crippen LogP contribution in [0.25, 0.3) is 27.6 Å². The molecular weight excluding hydrogens is 337 g/mol. The monoisotopic (exact) mass is 349 g/mol. The zero-order valence-electron chi connectivity index (χ0n) is 12.9. The van der Waals surface area contributed by atoms with Gasteiger partial charge in [0.05, 0.1) is 0 Å². The summed E-state index contributed by atoms with van der Waals surface area (Å²) >= 11 is 1.48. The third-order valence-electron chi connectivity index (χ3n) is 3.74. The van der Waals surface area contributed by atoms with Gasteiger partial charge in [-0.25, -0.2) is 9.37 Å². The minimum Gasteiger partial charge on any atom is -0.360 e. The third kappa shape index (κ3) is 3.12. The molecule has 0 atom stereocenters. The minimum atomic E-state index is -0.337. The molecular formula is C19H12FN3OS. The molecule has 0 aliphatic rings. The molecule has 122 valence electrons. The van der Waals surface area contributed by atoms with Gasteiger partial charge in [0, 0.05) is 51.7 Å². The van der Waals surface area contributed by atoms with E-state index in [-0.39, 0.29) is 11.6 Å². The number of ketones is 1. The second-order valence-corrected chi connectivity index (χ2v) is 6.46. The van der Waals surface area contributed by atoms with Crippen LogP contribution in [0.5, 0.6) is 0 Å². The number of pyridine rings is 1. The van der Waals surface area contributed by atoms with Gasteiger partial charge in [0.25, 0.3) is 0 Å². The topological polar surface area (TPSA) is 58.6 Å². The summed E-state index contributed by atoms with van der Waals surface area (Å²) in [4.78, 5) is 24.7. The van der Waals surface area contributed by atoms with Crippen molar-refractivity contribution in [2.45, 2.75) is 0 Å². The summed E-state index contributed by atoms with van der Waals surface area (Å²) in [6, 6.07) is 8.12. The van der Waals surface area contributed by atoms with Gasteiger partial charge in [-0.3, -0.25) is 9.78 Å². The Morgan fingerprint density at radius 2 is 2.16 bits per heavy atom. The second kappa shape index (κ2) is 6.41. The van der Waals surface area contributed by atoms with Crippen molar-refractivity contribution in [2.75, 3.05) is 0 Å². The van der Waals surface area contributed by atoms with E-state index >= 15 is 0 Å². The Morgan fingerprint density at radius 1 is 1.24 bits per heavy atom. The summed E-state index contributed by atoms with van der Waals surface area (Å²) in [6.07, 6.45) is 10.0. The van der Waals surface area contributed by atoms with E-state index in [1.807, 2.05) is 12.1 Å². The molecule has 0 amide bonds. The number of hydrogen-bond donors (Lipinski definition) is 1. The SMILES string of the molecule is O=C(/C=C/c1cnc(-c2cccnc2)s1)c1c[nH]c2cc(F)ccc12. The van der Waals surface area contributed by atoms with Crippen LogP contribution in [-0.4, -0.2) is 20.7 Å². The molecule has 0 unspecified atom stereocenters. The summed E-state index contributed by atoms with van der Waals surface area (Å²) in [7, 11) is 0. The van der Waals surface area contributed by atoms with Crippen molar-refractivity contribution < 1.29 is 9.18 Å². The van der Waals surface area contributed by atoms with E-state index in [1.165, 1.54) is 29.5 Å². The first-order chi connectivity index (χ1) is 12.2. The highest BCUT2D eigenvalue weighted by molar-refractivity contribution is 7.15. The summed E-state index contributed by atoms with van der Waals surface area (Å²) in [5.41, 5.74) is 2.06. The van der Waals surface area contributed by atoms with E-state index in [2.05, 4.69) is 15.0 Å². The summed E-state index contributed by atoms with van der Waals surface area (Å²) in [5.74, 6) is -0.481. The second-order valence-electron chi connectivity index (χ2n) is 5.40. The number of hydrogen-bond acceptors (Lipinski definition) is 4. The standard InChI is InChI=1S/C19H12FN3OS/c20-13-3-5-15-16(11-22-17(15)8-13)18(24)6-4-14-10-23-19(25-14)12-2-1-7-21-9-12/h1-11,22H/b6-4+. The van der Waals surface area contributed by atoms with Crippen LogP contribution in [0.4, 0.5) is 4.39 Å². The van der Waals surface area contributed by atoms with Crippen molar-refractivity contribution in [3.63, 3.8) is 0 Å². The number of carbonyl (C=O) groups excluding carboxylic acids is 1. The summed E-state index contributed by atoms with van der Waals surface area (Å²) in [5, 5.41) is 1.55. The number of nitrogens with zero attached hydrogens (tertiary/aromatic N) is 2. The van der Waals surface area contributed by atoms with Gasteiger partial charge in [-0.15, -0.1) is 11.3 Å².